The molecule has 1 fully saturated rings. The molecule has 1 saturated heterocycles. The van der Waals surface area contributed by atoms with Crippen LogP contribution in [0.25, 0.3) is 5.69 Å². The molecule has 32 heavy (non-hydrogen) atoms. The number of hydrogen-bond donors (Lipinski definition) is 0. The van der Waals surface area contributed by atoms with Crippen LogP contribution in [-0.4, -0.2) is 62.1 Å². The molecule has 3 aromatic rings. The predicted molar refractivity (Wildman–Crippen MR) is 102 cm³/mol. The highest BCUT2D eigenvalue weighted by molar-refractivity contribution is 5.94. The quantitative estimate of drug-likeness (QED) is 0.570. The first kappa shape index (κ1) is 21.8. The van der Waals surface area contributed by atoms with Crippen molar-refractivity contribution in [3.63, 3.8) is 0 Å². The van der Waals surface area contributed by atoms with Crippen LogP contribution in [0.2, 0.25) is 0 Å². The molecule has 12 heteroatoms. The number of carbonyl (C=O) groups excluding carboxylic acids is 1. The summed E-state index contributed by atoms with van der Waals surface area (Å²) in [5.41, 5.74) is -0.341. The number of hydrogen-bond acceptors (Lipinski definition) is 5. The summed E-state index contributed by atoms with van der Waals surface area (Å²) in [5, 5.41) is 11.4. The van der Waals surface area contributed by atoms with Gasteiger partial charge in [-0.3, -0.25) is 9.69 Å². The number of nitrogens with zero attached hydrogens (tertiary/aromatic N) is 6. The second-order valence-electron chi connectivity index (χ2n) is 7.25. The van der Waals surface area contributed by atoms with Gasteiger partial charge < -0.3 is 4.90 Å². The highest BCUT2D eigenvalue weighted by Gasteiger charge is 2.31. The number of carbonyl (C=O) groups is 1. The van der Waals surface area contributed by atoms with E-state index < -0.39 is 23.4 Å². The minimum atomic E-state index is -4.46. The van der Waals surface area contributed by atoms with Gasteiger partial charge in [-0.15, -0.1) is 5.10 Å². The average Bonchev–Trinajstić information content (AvgIpc) is 3.23. The van der Waals surface area contributed by atoms with Crippen molar-refractivity contribution in [3.05, 3.63) is 71.1 Å². The van der Waals surface area contributed by atoms with Gasteiger partial charge in [-0.25, -0.2) is 8.78 Å². The number of benzene rings is 2. The van der Waals surface area contributed by atoms with Crippen molar-refractivity contribution < 1.29 is 26.7 Å². The molecule has 4 rings (SSSR count). The second-order valence-corrected chi connectivity index (χ2v) is 7.25. The molecule has 1 aliphatic rings. The molecule has 0 unspecified atom stereocenters. The van der Waals surface area contributed by atoms with E-state index in [1.165, 1.54) is 22.9 Å². The monoisotopic (exact) mass is 452 g/mol. The Balaban J connectivity index is 1.37. The Bertz CT molecular complexity index is 1110. The van der Waals surface area contributed by atoms with E-state index in [1.54, 1.807) is 4.90 Å². The Morgan fingerprint density at radius 2 is 1.62 bits per heavy atom. The van der Waals surface area contributed by atoms with E-state index >= 15 is 0 Å². The molecule has 0 N–H and O–H groups in total. The first-order chi connectivity index (χ1) is 15.2. The van der Waals surface area contributed by atoms with E-state index in [1.807, 2.05) is 4.90 Å². The lowest BCUT2D eigenvalue weighted by atomic mass is 10.1. The number of amides is 1. The summed E-state index contributed by atoms with van der Waals surface area (Å²) < 4.78 is 66.1. The van der Waals surface area contributed by atoms with Crippen LogP contribution in [0.15, 0.2) is 42.5 Å². The van der Waals surface area contributed by atoms with Gasteiger partial charge in [0, 0.05) is 37.8 Å². The molecule has 2 aromatic carbocycles. The van der Waals surface area contributed by atoms with E-state index in [0.29, 0.717) is 38.5 Å². The van der Waals surface area contributed by atoms with Crippen LogP contribution in [0, 0.1) is 11.6 Å². The van der Waals surface area contributed by atoms with E-state index in [9.17, 15) is 26.7 Å². The number of piperazine rings is 1. The van der Waals surface area contributed by atoms with Crippen LogP contribution in [0.3, 0.4) is 0 Å². The molecular weight excluding hydrogens is 435 g/mol. The fourth-order valence-corrected chi connectivity index (χ4v) is 3.42. The fourth-order valence-electron chi connectivity index (χ4n) is 3.42. The molecule has 0 bridgehead atoms. The molecule has 0 spiro atoms. The van der Waals surface area contributed by atoms with Crippen molar-refractivity contribution >= 4 is 5.91 Å². The molecule has 0 saturated carbocycles. The van der Waals surface area contributed by atoms with Crippen LogP contribution in [0.5, 0.6) is 0 Å². The summed E-state index contributed by atoms with van der Waals surface area (Å²) in [6.07, 6.45) is -4.46. The Kier molecular flexibility index (Phi) is 5.87. The normalized spacial score (nSPS) is 15.2. The van der Waals surface area contributed by atoms with Crippen molar-refractivity contribution in [1.29, 1.82) is 0 Å². The van der Waals surface area contributed by atoms with Crippen molar-refractivity contribution in [2.75, 3.05) is 26.2 Å². The molecule has 1 aromatic heterocycles. The summed E-state index contributed by atoms with van der Waals surface area (Å²) >= 11 is 0. The zero-order valence-corrected chi connectivity index (χ0v) is 16.6. The summed E-state index contributed by atoms with van der Waals surface area (Å²) in [5.74, 6) is -1.92. The summed E-state index contributed by atoms with van der Waals surface area (Å²) in [7, 11) is 0. The van der Waals surface area contributed by atoms with Crippen LogP contribution in [-0.2, 0) is 12.7 Å². The van der Waals surface area contributed by atoms with Gasteiger partial charge >= 0.3 is 6.18 Å². The van der Waals surface area contributed by atoms with Crippen LogP contribution in [0.4, 0.5) is 22.0 Å². The maximum absolute atomic E-state index is 13.5. The van der Waals surface area contributed by atoms with Gasteiger partial charge in [0.1, 0.15) is 0 Å². The highest BCUT2D eigenvalue weighted by Crippen LogP contribution is 2.29. The number of rotatable bonds is 4. The number of tetrazole rings is 1. The Morgan fingerprint density at radius 1 is 0.938 bits per heavy atom. The molecule has 0 radical (unpaired) electrons. The Hall–Kier alpha value is -3.41. The molecule has 2 heterocycles. The van der Waals surface area contributed by atoms with Gasteiger partial charge in [0.2, 0.25) is 0 Å². The third-order valence-corrected chi connectivity index (χ3v) is 5.17. The SMILES string of the molecule is O=C(c1ccc(C(F)(F)F)cc1)N1CCN(Cc2nnnn2-c2ccc(F)c(F)c2)CC1. The van der Waals surface area contributed by atoms with Crippen LogP contribution < -0.4 is 0 Å². The third kappa shape index (κ3) is 4.59. The number of halogens is 5. The topological polar surface area (TPSA) is 67.2 Å². The highest BCUT2D eigenvalue weighted by atomic mass is 19.4. The second kappa shape index (κ2) is 8.61. The maximum atomic E-state index is 13.5. The van der Waals surface area contributed by atoms with Gasteiger partial charge in [-0.1, -0.05) is 0 Å². The zero-order valence-electron chi connectivity index (χ0n) is 16.6. The standard InChI is InChI=1S/C20H17F5N6O/c21-16-6-5-15(11-17(16)22)31-18(26-27-28-31)12-29-7-9-30(10-8-29)19(32)13-1-3-14(4-2-13)20(23,24)25/h1-6,11H,7-10,12H2. The molecule has 1 aliphatic heterocycles. The number of alkyl halides is 3. The Morgan fingerprint density at radius 3 is 2.25 bits per heavy atom. The summed E-state index contributed by atoms with van der Waals surface area (Å²) in [6, 6.07) is 7.47. The van der Waals surface area contributed by atoms with E-state index in [-0.39, 0.29) is 17.2 Å². The zero-order chi connectivity index (χ0) is 22.9. The summed E-state index contributed by atoms with van der Waals surface area (Å²) in [6.45, 7) is 2.02. The van der Waals surface area contributed by atoms with Crippen molar-refractivity contribution in [2.24, 2.45) is 0 Å². The molecule has 168 valence electrons. The van der Waals surface area contributed by atoms with Crippen molar-refractivity contribution in [1.82, 2.24) is 30.0 Å². The molecule has 0 atom stereocenters. The predicted octanol–water partition coefficient (Wildman–Crippen LogP) is 2.92. The van der Waals surface area contributed by atoms with E-state index in [0.717, 1.165) is 24.3 Å². The minimum absolute atomic E-state index is 0.189. The maximum Gasteiger partial charge on any atom is 0.416 e. The largest absolute Gasteiger partial charge is 0.416 e. The van der Waals surface area contributed by atoms with Crippen molar-refractivity contribution in [2.45, 2.75) is 12.7 Å². The fraction of sp³-hybridized carbons (Fsp3) is 0.300. The summed E-state index contributed by atoms with van der Waals surface area (Å²) in [4.78, 5) is 16.2. The Labute approximate surface area is 179 Å². The van der Waals surface area contributed by atoms with Gasteiger partial charge in [-0.2, -0.15) is 17.9 Å². The first-order valence-electron chi connectivity index (χ1n) is 9.64. The number of aromatic nitrogens is 4. The third-order valence-electron chi connectivity index (χ3n) is 5.17. The lowest BCUT2D eigenvalue weighted by Crippen LogP contribution is -2.48. The van der Waals surface area contributed by atoms with Crippen LogP contribution >= 0.6 is 0 Å². The molecule has 7 nitrogen and oxygen atoms in total. The van der Waals surface area contributed by atoms with Gasteiger partial charge in [0.15, 0.2) is 17.5 Å². The molecule has 1 amide bonds. The van der Waals surface area contributed by atoms with Crippen molar-refractivity contribution in [3.8, 4) is 5.69 Å². The minimum Gasteiger partial charge on any atom is -0.336 e. The van der Waals surface area contributed by atoms with E-state index in [2.05, 4.69) is 15.5 Å². The lowest BCUT2D eigenvalue weighted by molar-refractivity contribution is -0.137. The van der Waals surface area contributed by atoms with E-state index in [4.69, 9.17) is 0 Å². The van der Waals surface area contributed by atoms with Gasteiger partial charge in [-0.05, 0) is 46.8 Å². The molecular formula is C20H17F5N6O. The first-order valence-corrected chi connectivity index (χ1v) is 9.64. The average molecular weight is 452 g/mol. The van der Waals surface area contributed by atoms with Crippen LogP contribution in [0.1, 0.15) is 21.7 Å². The van der Waals surface area contributed by atoms with Gasteiger partial charge in [0.25, 0.3) is 5.91 Å². The lowest BCUT2D eigenvalue weighted by Gasteiger charge is -2.34. The van der Waals surface area contributed by atoms with Gasteiger partial charge in [0.05, 0.1) is 17.8 Å². The molecule has 0 aliphatic carbocycles. The smallest absolute Gasteiger partial charge is 0.336 e.